The third kappa shape index (κ3) is 5.50. The lowest BCUT2D eigenvalue weighted by molar-refractivity contribution is -0.00853. The van der Waals surface area contributed by atoms with Gasteiger partial charge in [-0.1, -0.05) is 13.3 Å². The largest absolute Gasteiger partial charge is 0.389 e. The topological polar surface area (TPSA) is 41.5 Å². The van der Waals surface area contributed by atoms with Gasteiger partial charge < -0.3 is 15.2 Å². The number of nitrogens with one attached hydrogen (secondary N) is 1. The number of ether oxygens (including phenoxy) is 1. The van der Waals surface area contributed by atoms with Crippen molar-refractivity contribution in [2.75, 3.05) is 13.2 Å². The minimum atomic E-state index is -0.613. The van der Waals surface area contributed by atoms with E-state index in [4.69, 9.17) is 4.74 Å². The Morgan fingerprint density at radius 1 is 1.47 bits per heavy atom. The van der Waals surface area contributed by atoms with Crippen LogP contribution in [0.5, 0.6) is 0 Å². The normalized spacial score (nSPS) is 28.0. The van der Waals surface area contributed by atoms with Crippen LogP contribution < -0.4 is 5.32 Å². The molecule has 0 radical (unpaired) electrons. The molecule has 0 aromatic rings. The first kappa shape index (κ1) is 12.9. The van der Waals surface area contributed by atoms with Crippen molar-refractivity contribution in [1.82, 2.24) is 5.32 Å². The van der Waals surface area contributed by atoms with Crippen molar-refractivity contribution < 1.29 is 9.84 Å². The molecule has 1 fully saturated rings. The molecule has 0 aliphatic carbocycles. The molecule has 2 atom stereocenters. The fraction of sp³-hybridized carbons (Fsp3) is 1.00. The van der Waals surface area contributed by atoms with E-state index in [1.807, 2.05) is 13.8 Å². The molecule has 0 aromatic heterocycles. The van der Waals surface area contributed by atoms with Crippen LogP contribution in [0.25, 0.3) is 0 Å². The zero-order chi connectivity index (χ0) is 11.3. The van der Waals surface area contributed by atoms with Crippen LogP contribution in [0, 0.1) is 0 Å². The van der Waals surface area contributed by atoms with E-state index < -0.39 is 5.60 Å². The summed E-state index contributed by atoms with van der Waals surface area (Å²) in [4.78, 5) is 0. The predicted molar refractivity (Wildman–Crippen MR) is 62.0 cm³/mol. The summed E-state index contributed by atoms with van der Waals surface area (Å²) in [6.07, 6.45) is 4.91. The quantitative estimate of drug-likeness (QED) is 0.733. The molecule has 0 saturated carbocycles. The molecule has 1 rings (SSSR count). The van der Waals surface area contributed by atoms with Crippen LogP contribution in [0.1, 0.15) is 46.5 Å². The van der Waals surface area contributed by atoms with Gasteiger partial charge in [0.05, 0.1) is 11.7 Å². The van der Waals surface area contributed by atoms with Gasteiger partial charge in [0, 0.05) is 19.2 Å². The lowest BCUT2D eigenvalue weighted by Crippen LogP contribution is -2.44. The highest BCUT2D eigenvalue weighted by Crippen LogP contribution is 2.18. The van der Waals surface area contributed by atoms with Crippen molar-refractivity contribution in [2.45, 2.75) is 64.2 Å². The van der Waals surface area contributed by atoms with E-state index >= 15 is 0 Å². The molecule has 2 N–H and O–H groups in total. The van der Waals surface area contributed by atoms with E-state index in [2.05, 4.69) is 12.2 Å². The summed E-state index contributed by atoms with van der Waals surface area (Å²) in [5.41, 5.74) is -0.613. The van der Waals surface area contributed by atoms with Crippen molar-refractivity contribution in [2.24, 2.45) is 0 Å². The van der Waals surface area contributed by atoms with Crippen molar-refractivity contribution in [1.29, 1.82) is 0 Å². The molecule has 1 aliphatic rings. The smallest absolute Gasteiger partial charge is 0.0715 e. The van der Waals surface area contributed by atoms with Gasteiger partial charge in [-0.3, -0.25) is 0 Å². The van der Waals surface area contributed by atoms with Crippen LogP contribution in [0.3, 0.4) is 0 Å². The van der Waals surface area contributed by atoms with Crippen LogP contribution in [-0.4, -0.2) is 36.0 Å². The van der Waals surface area contributed by atoms with Gasteiger partial charge in [-0.15, -0.1) is 0 Å². The highest BCUT2D eigenvalue weighted by atomic mass is 16.5. The third-order valence-electron chi connectivity index (χ3n) is 2.80. The Labute approximate surface area is 93.2 Å². The van der Waals surface area contributed by atoms with Crippen LogP contribution in [0.2, 0.25) is 0 Å². The van der Waals surface area contributed by atoms with Gasteiger partial charge >= 0.3 is 0 Å². The average molecular weight is 215 g/mol. The SMILES string of the molecule is CCCC1CC(NCC(C)(C)O)CCO1. The highest BCUT2D eigenvalue weighted by Gasteiger charge is 2.23. The molecule has 0 bridgehead atoms. The van der Waals surface area contributed by atoms with Crippen molar-refractivity contribution in [3.8, 4) is 0 Å². The summed E-state index contributed by atoms with van der Waals surface area (Å²) in [7, 11) is 0. The van der Waals surface area contributed by atoms with Crippen LogP contribution in [-0.2, 0) is 4.74 Å². The van der Waals surface area contributed by atoms with Gasteiger partial charge in [0.2, 0.25) is 0 Å². The Morgan fingerprint density at radius 2 is 2.20 bits per heavy atom. The number of rotatable bonds is 5. The maximum Gasteiger partial charge on any atom is 0.0715 e. The van der Waals surface area contributed by atoms with Crippen LogP contribution in [0.15, 0.2) is 0 Å². The van der Waals surface area contributed by atoms with Crippen LogP contribution >= 0.6 is 0 Å². The molecule has 15 heavy (non-hydrogen) atoms. The molecule has 1 heterocycles. The molecule has 3 heteroatoms. The maximum absolute atomic E-state index is 9.62. The molecule has 0 spiro atoms. The summed E-state index contributed by atoms with van der Waals surface area (Å²) >= 11 is 0. The Bertz CT molecular complexity index is 175. The van der Waals surface area contributed by atoms with Gasteiger partial charge in [0.15, 0.2) is 0 Å². The van der Waals surface area contributed by atoms with Gasteiger partial charge in [-0.2, -0.15) is 0 Å². The fourth-order valence-corrected chi connectivity index (χ4v) is 1.98. The zero-order valence-electron chi connectivity index (χ0n) is 10.3. The van der Waals surface area contributed by atoms with E-state index in [1.54, 1.807) is 0 Å². The summed E-state index contributed by atoms with van der Waals surface area (Å²) in [6.45, 7) is 7.38. The van der Waals surface area contributed by atoms with Crippen molar-refractivity contribution in [3.05, 3.63) is 0 Å². The van der Waals surface area contributed by atoms with Gasteiger partial charge in [0.1, 0.15) is 0 Å². The average Bonchev–Trinajstić information content (AvgIpc) is 2.15. The van der Waals surface area contributed by atoms with Gasteiger partial charge in [-0.25, -0.2) is 0 Å². The van der Waals surface area contributed by atoms with Gasteiger partial charge in [-0.05, 0) is 33.1 Å². The van der Waals surface area contributed by atoms with E-state index in [0.29, 0.717) is 18.7 Å². The first-order chi connectivity index (χ1) is 7.01. The molecule has 1 aliphatic heterocycles. The molecule has 90 valence electrons. The molecule has 3 nitrogen and oxygen atoms in total. The summed E-state index contributed by atoms with van der Waals surface area (Å²) in [6, 6.07) is 0.515. The summed E-state index contributed by atoms with van der Waals surface area (Å²) in [5.74, 6) is 0. The zero-order valence-corrected chi connectivity index (χ0v) is 10.3. The molecule has 1 saturated heterocycles. The predicted octanol–water partition coefficient (Wildman–Crippen LogP) is 1.69. The second-order valence-electron chi connectivity index (χ2n) is 5.20. The fourth-order valence-electron chi connectivity index (χ4n) is 1.98. The summed E-state index contributed by atoms with van der Waals surface area (Å²) < 4.78 is 5.68. The Morgan fingerprint density at radius 3 is 2.80 bits per heavy atom. The maximum atomic E-state index is 9.62. The molecular formula is C12H25NO2. The number of hydrogen-bond acceptors (Lipinski definition) is 3. The number of aliphatic hydroxyl groups is 1. The van der Waals surface area contributed by atoms with Crippen molar-refractivity contribution >= 4 is 0 Å². The van der Waals surface area contributed by atoms with E-state index in [1.165, 1.54) is 6.42 Å². The second-order valence-corrected chi connectivity index (χ2v) is 5.20. The Kier molecular flexibility index (Phi) is 5.03. The highest BCUT2D eigenvalue weighted by molar-refractivity contribution is 4.79. The van der Waals surface area contributed by atoms with E-state index in [0.717, 1.165) is 25.9 Å². The number of hydrogen-bond donors (Lipinski definition) is 2. The standard InChI is InChI=1S/C12H25NO2/c1-4-5-11-8-10(6-7-15-11)13-9-12(2,3)14/h10-11,13-14H,4-9H2,1-3H3. The van der Waals surface area contributed by atoms with Crippen LogP contribution in [0.4, 0.5) is 0 Å². The van der Waals surface area contributed by atoms with E-state index in [9.17, 15) is 5.11 Å². The first-order valence-corrected chi connectivity index (χ1v) is 6.08. The molecular weight excluding hydrogens is 190 g/mol. The lowest BCUT2D eigenvalue weighted by atomic mass is 9.99. The summed E-state index contributed by atoms with van der Waals surface area (Å²) in [5, 5.41) is 13.0. The molecule has 0 amide bonds. The Balaban J connectivity index is 2.24. The monoisotopic (exact) mass is 215 g/mol. The lowest BCUT2D eigenvalue weighted by Gasteiger charge is -2.32. The van der Waals surface area contributed by atoms with Crippen molar-refractivity contribution in [3.63, 3.8) is 0 Å². The minimum Gasteiger partial charge on any atom is -0.389 e. The Hall–Kier alpha value is -0.120. The minimum absolute atomic E-state index is 0.419. The van der Waals surface area contributed by atoms with E-state index in [-0.39, 0.29) is 0 Å². The van der Waals surface area contributed by atoms with Gasteiger partial charge in [0.25, 0.3) is 0 Å². The first-order valence-electron chi connectivity index (χ1n) is 6.08. The third-order valence-corrected chi connectivity index (χ3v) is 2.80. The molecule has 2 unspecified atom stereocenters. The molecule has 0 aromatic carbocycles. The second kappa shape index (κ2) is 5.83.